The van der Waals surface area contributed by atoms with Crippen LogP contribution in [0.5, 0.6) is 17.2 Å². The van der Waals surface area contributed by atoms with Crippen LogP contribution in [0.3, 0.4) is 0 Å². The van der Waals surface area contributed by atoms with Crippen molar-refractivity contribution in [2.24, 2.45) is 5.92 Å². The first-order chi connectivity index (χ1) is 27.1. The number of methoxy groups -OCH3 is 1. The fourth-order valence-corrected chi connectivity index (χ4v) is 8.73. The van der Waals surface area contributed by atoms with Gasteiger partial charge in [0.1, 0.15) is 29.1 Å². The minimum atomic E-state index is -0.639. The third-order valence-electron chi connectivity index (χ3n) is 11.6. The molecule has 0 saturated carbocycles. The van der Waals surface area contributed by atoms with E-state index in [1.54, 1.807) is 36.3 Å². The van der Waals surface area contributed by atoms with Crippen LogP contribution < -0.4 is 19.7 Å². The van der Waals surface area contributed by atoms with E-state index in [1.807, 2.05) is 54.6 Å². The number of phenolic OH excluding ortho intramolecular Hbond substituents is 1. The van der Waals surface area contributed by atoms with Gasteiger partial charge in [0, 0.05) is 67.2 Å². The smallest absolute Gasteiger partial charge is 0.255 e. The maximum absolute atomic E-state index is 16.1. The Bertz CT molecular complexity index is 2240. The van der Waals surface area contributed by atoms with Crippen molar-refractivity contribution in [1.29, 1.82) is 0 Å². The van der Waals surface area contributed by atoms with E-state index < -0.39 is 11.9 Å². The number of imide groups is 1. The highest BCUT2D eigenvalue weighted by atomic mass is 19.1. The van der Waals surface area contributed by atoms with Gasteiger partial charge in [0.15, 0.2) is 0 Å². The van der Waals surface area contributed by atoms with E-state index >= 15 is 4.39 Å². The van der Waals surface area contributed by atoms with Crippen molar-refractivity contribution in [2.45, 2.75) is 50.1 Å². The number of benzene rings is 4. The van der Waals surface area contributed by atoms with Crippen LogP contribution in [0.4, 0.5) is 10.1 Å². The first-order valence-corrected chi connectivity index (χ1v) is 19.2. The van der Waals surface area contributed by atoms with Crippen molar-refractivity contribution < 1.29 is 33.4 Å². The van der Waals surface area contributed by atoms with Crippen molar-refractivity contribution >= 4 is 23.4 Å². The first kappa shape index (κ1) is 37.1. The lowest BCUT2D eigenvalue weighted by molar-refractivity contribution is -0.136. The van der Waals surface area contributed by atoms with Gasteiger partial charge in [0.05, 0.1) is 25.9 Å². The molecule has 4 aliphatic rings. The molecule has 4 aliphatic heterocycles. The molecule has 0 radical (unpaired) electrons. The Morgan fingerprint density at radius 1 is 0.982 bits per heavy atom. The number of carbonyl (C=O) groups is 3. The summed E-state index contributed by atoms with van der Waals surface area (Å²) < 4.78 is 27.7. The van der Waals surface area contributed by atoms with Gasteiger partial charge in [0.2, 0.25) is 11.8 Å². The van der Waals surface area contributed by atoms with Crippen LogP contribution in [0.2, 0.25) is 0 Å². The van der Waals surface area contributed by atoms with Crippen LogP contribution in [0.1, 0.15) is 75.7 Å². The molecule has 0 bridgehead atoms. The number of aromatic hydroxyl groups is 1. The van der Waals surface area contributed by atoms with Crippen LogP contribution in [-0.2, 0) is 16.1 Å². The fraction of sp³-hybridized carbons (Fsp3) is 0.356. The van der Waals surface area contributed by atoms with E-state index in [-0.39, 0.29) is 41.6 Å². The van der Waals surface area contributed by atoms with Gasteiger partial charge in [-0.1, -0.05) is 36.1 Å². The lowest BCUT2D eigenvalue weighted by atomic mass is 9.75. The molecular formula is C45H45FN4O6. The maximum atomic E-state index is 16.1. The van der Waals surface area contributed by atoms with Crippen molar-refractivity contribution in [1.82, 2.24) is 15.1 Å². The maximum Gasteiger partial charge on any atom is 0.255 e. The van der Waals surface area contributed by atoms with Crippen LogP contribution in [0, 0.1) is 23.6 Å². The standard InChI is InChI=1S/C45H45FN4O6/c1-48(18-4-5-28-8-11-35-32(21-28)26-50(45(35)54)40-14-15-42(52)47-44(40)53)25-29-16-19-49(20-17-29)39-13-9-31(23-38(39)46)43-36-12-10-33(51)24-41(36)56-27-37(43)30-6-3-7-34(22-30)55-2/h3,6-13,21-24,29,37,40,43,51H,14-20,25-27H2,1-2H3,(H,47,52,53)/t37?,40?,43-/m1/s1. The summed E-state index contributed by atoms with van der Waals surface area (Å²) in [6.07, 6.45) is 2.44. The number of ether oxygens (including phenoxy) is 2. The summed E-state index contributed by atoms with van der Waals surface area (Å²) in [5, 5.41) is 12.5. The Balaban J connectivity index is 0.873. The number of carbonyl (C=O) groups excluding carboxylic acids is 3. The zero-order valence-electron chi connectivity index (χ0n) is 31.6. The van der Waals surface area contributed by atoms with Gasteiger partial charge < -0.3 is 24.4 Å². The van der Waals surface area contributed by atoms with Gasteiger partial charge in [-0.05, 0) is 97.4 Å². The number of nitrogens with zero attached hydrogens (tertiary/aromatic N) is 3. The first-order valence-electron chi connectivity index (χ1n) is 19.2. The normalized spacial score (nSPS) is 20.9. The van der Waals surface area contributed by atoms with Crippen LogP contribution in [0.25, 0.3) is 0 Å². The molecule has 2 unspecified atom stereocenters. The van der Waals surface area contributed by atoms with Crippen molar-refractivity contribution in [3.05, 3.63) is 118 Å². The predicted octanol–water partition coefficient (Wildman–Crippen LogP) is 5.81. The van der Waals surface area contributed by atoms with E-state index in [0.29, 0.717) is 49.0 Å². The second-order valence-electron chi connectivity index (χ2n) is 15.3. The van der Waals surface area contributed by atoms with E-state index in [1.165, 1.54) is 0 Å². The second-order valence-corrected chi connectivity index (χ2v) is 15.3. The highest BCUT2D eigenvalue weighted by Crippen LogP contribution is 2.48. The molecule has 288 valence electrons. The number of fused-ring (bicyclic) bond motifs is 2. The second kappa shape index (κ2) is 15.7. The molecule has 4 aromatic rings. The molecule has 2 fully saturated rings. The predicted molar refractivity (Wildman–Crippen MR) is 209 cm³/mol. The average Bonchev–Trinajstić information content (AvgIpc) is 3.52. The van der Waals surface area contributed by atoms with Gasteiger partial charge in [-0.25, -0.2) is 4.39 Å². The Labute approximate surface area is 326 Å². The number of nitrogens with one attached hydrogen (secondary N) is 1. The minimum Gasteiger partial charge on any atom is -0.508 e. The molecule has 2 saturated heterocycles. The van der Waals surface area contributed by atoms with Gasteiger partial charge in [-0.15, -0.1) is 0 Å². The van der Waals surface area contributed by atoms with E-state index in [2.05, 4.69) is 34.0 Å². The molecule has 11 heteroatoms. The van der Waals surface area contributed by atoms with Crippen LogP contribution >= 0.6 is 0 Å². The van der Waals surface area contributed by atoms with E-state index in [4.69, 9.17) is 9.47 Å². The highest BCUT2D eigenvalue weighted by Gasteiger charge is 2.39. The van der Waals surface area contributed by atoms with Crippen molar-refractivity contribution in [3.63, 3.8) is 0 Å². The Kier molecular flexibility index (Phi) is 10.4. The summed E-state index contributed by atoms with van der Waals surface area (Å²) in [4.78, 5) is 42.9. The van der Waals surface area contributed by atoms with Crippen molar-refractivity contribution in [3.8, 4) is 29.1 Å². The van der Waals surface area contributed by atoms with Crippen molar-refractivity contribution in [2.75, 3.05) is 51.8 Å². The Hall–Kier alpha value is -5.86. The minimum absolute atomic E-state index is 0.0817. The largest absolute Gasteiger partial charge is 0.508 e. The number of hydrogen-bond donors (Lipinski definition) is 2. The summed E-state index contributed by atoms with van der Waals surface area (Å²) in [5.41, 5.74) is 5.64. The molecule has 0 spiro atoms. The summed E-state index contributed by atoms with van der Waals surface area (Å²) in [6.45, 7) is 3.69. The number of halogens is 1. The summed E-state index contributed by atoms with van der Waals surface area (Å²) >= 11 is 0. The summed E-state index contributed by atoms with van der Waals surface area (Å²) in [6, 6.07) is 23.6. The van der Waals surface area contributed by atoms with Gasteiger partial charge in [-0.2, -0.15) is 0 Å². The molecular weight excluding hydrogens is 712 g/mol. The number of piperidine rings is 2. The van der Waals surface area contributed by atoms with Gasteiger partial charge >= 0.3 is 0 Å². The number of amides is 3. The third-order valence-corrected chi connectivity index (χ3v) is 11.6. The molecule has 8 rings (SSSR count). The number of rotatable bonds is 8. The lowest BCUT2D eigenvalue weighted by Gasteiger charge is -2.36. The molecule has 0 aromatic heterocycles. The van der Waals surface area contributed by atoms with E-state index in [0.717, 1.165) is 66.0 Å². The topological polar surface area (TPSA) is 112 Å². The van der Waals surface area contributed by atoms with Gasteiger partial charge in [-0.3, -0.25) is 24.6 Å². The average molecular weight is 757 g/mol. The monoisotopic (exact) mass is 756 g/mol. The molecule has 3 atom stereocenters. The number of hydrogen-bond acceptors (Lipinski definition) is 8. The SMILES string of the molecule is COc1cccc(C2COc3cc(O)ccc3[C@H]2c2ccc(N3CCC(CN(C)CC#Cc4ccc5c(c4)CN(C4CCC(=O)NC4=O)C5=O)CC3)c(F)c2)c1. The summed E-state index contributed by atoms with van der Waals surface area (Å²) in [7, 11) is 3.70. The number of phenols is 1. The molecule has 10 nitrogen and oxygen atoms in total. The van der Waals surface area contributed by atoms with Crippen LogP contribution in [0.15, 0.2) is 78.9 Å². The number of anilines is 1. The molecule has 56 heavy (non-hydrogen) atoms. The zero-order chi connectivity index (χ0) is 38.9. The van der Waals surface area contributed by atoms with Gasteiger partial charge in [0.25, 0.3) is 5.91 Å². The van der Waals surface area contributed by atoms with E-state index in [9.17, 15) is 19.5 Å². The Morgan fingerprint density at radius 2 is 1.82 bits per heavy atom. The fourth-order valence-electron chi connectivity index (χ4n) is 8.73. The quantitative estimate of drug-likeness (QED) is 0.171. The molecule has 4 heterocycles. The summed E-state index contributed by atoms with van der Waals surface area (Å²) in [5.74, 6) is 7.03. The lowest BCUT2D eigenvalue weighted by Crippen LogP contribution is -2.52. The molecule has 2 N–H and O–H groups in total. The molecule has 4 aromatic carbocycles. The zero-order valence-corrected chi connectivity index (χ0v) is 31.6. The third kappa shape index (κ3) is 7.54. The molecule has 0 aliphatic carbocycles. The van der Waals surface area contributed by atoms with Crippen LogP contribution in [-0.4, -0.2) is 85.6 Å². The Morgan fingerprint density at radius 3 is 2.61 bits per heavy atom. The molecule has 3 amide bonds. The highest BCUT2D eigenvalue weighted by molar-refractivity contribution is 6.05.